The lowest BCUT2D eigenvalue weighted by Gasteiger charge is -2.19. The van der Waals surface area contributed by atoms with Crippen LogP contribution < -0.4 is 0 Å². The van der Waals surface area contributed by atoms with E-state index in [1.165, 1.54) is 6.92 Å². The number of halogens is 2. The van der Waals surface area contributed by atoms with Crippen LogP contribution in [0.4, 0.5) is 8.78 Å². The highest BCUT2D eigenvalue weighted by Gasteiger charge is 2.66. The first-order chi connectivity index (χ1) is 8.39. The first-order valence-corrected chi connectivity index (χ1v) is 6.72. The normalized spacial score (nSPS) is 37.1. The lowest BCUT2D eigenvalue weighted by atomic mass is 10.1. The summed E-state index contributed by atoms with van der Waals surface area (Å²) in [7, 11) is 0. The van der Waals surface area contributed by atoms with Crippen LogP contribution in [0.15, 0.2) is 11.6 Å². The molecule has 108 valence electrons. The first kappa shape index (κ1) is 14.5. The molecule has 2 fully saturated rings. The zero-order valence-electron chi connectivity index (χ0n) is 12.4. The molecule has 0 spiro atoms. The highest BCUT2D eigenvalue weighted by Crippen LogP contribution is 2.64. The summed E-state index contributed by atoms with van der Waals surface area (Å²) in [4.78, 5) is 12.1. The summed E-state index contributed by atoms with van der Waals surface area (Å²) in [6.07, 6.45) is 1.60. The Morgan fingerprint density at radius 2 is 1.79 bits per heavy atom. The summed E-state index contributed by atoms with van der Waals surface area (Å²) in [5, 5.41) is 0. The van der Waals surface area contributed by atoms with Crippen molar-refractivity contribution in [3.63, 3.8) is 0 Å². The van der Waals surface area contributed by atoms with Crippen molar-refractivity contribution in [2.24, 2.45) is 23.2 Å². The minimum atomic E-state index is -2.67. The average Bonchev–Trinajstić information content (AvgIpc) is 2.88. The maximum Gasteiger partial charge on any atom is 0.310 e. The molecule has 3 atom stereocenters. The van der Waals surface area contributed by atoms with E-state index in [1.807, 2.05) is 34.6 Å². The van der Waals surface area contributed by atoms with Crippen LogP contribution in [0.2, 0.25) is 0 Å². The number of allylic oxidation sites excluding steroid dienone is 2. The number of hydrogen-bond acceptors (Lipinski definition) is 2. The van der Waals surface area contributed by atoms with Gasteiger partial charge in [-0.15, -0.1) is 0 Å². The van der Waals surface area contributed by atoms with Crippen molar-refractivity contribution < 1.29 is 18.3 Å². The summed E-state index contributed by atoms with van der Waals surface area (Å²) in [6, 6.07) is 0. The van der Waals surface area contributed by atoms with Crippen LogP contribution in [0.25, 0.3) is 0 Å². The van der Waals surface area contributed by atoms with Gasteiger partial charge in [-0.1, -0.05) is 26.8 Å². The van der Waals surface area contributed by atoms with Crippen LogP contribution in [0, 0.1) is 23.2 Å². The molecular weight excluding hydrogens is 250 g/mol. The first-order valence-electron chi connectivity index (χ1n) is 6.72. The Morgan fingerprint density at radius 1 is 1.32 bits per heavy atom. The molecule has 2 rings (SSSR count). The third-order valence-corrected chi connectivity index (χ3v) is 4.24. The second-order valence-electron chi connectivity index (χ2n) is 7.32. The van der Waals surface area contributed by atoms with Crippen LogP contribution in [0.1, 0.15) is 41.5 Å². The summed E-state index contributed by atoms with van der Waals surface area (Å²) < 4.78 is 31.8. The Morgan fingerprint density at radius 3 is 2.16 bits per heavy atom. The zero-order chi connectivity index (χ0) is 14.8. The maximum atomic E-state index is 13.2. The molecule has 0 N–H and O–H groups in total. The van der Waals surface area contributed by atoms with Crippen molar-refractivity contribution in [2.75, 3.05) is 0 Å². The molecule has 2 nitrogen and oxygen atoms in total. The second-order valence-corrected chi connectivity index (χ2v) is 7.32. The fourth-order valence-corrected chi connectivity index (χ4v) is 2.69. The molecule has 0 saturated heterocycles. The predicted molar refractivity (Wildman–Crippen MR) is 68.8 cm³/mol. The number of esters is 1. The summed E-state index contributed by atoms with van der Waals surface area (Å²) in [5.41, 5.74) is -0.644. The molecule has 0 aromatic rings. The van der Waals surface area contributed by atoms with Crippen molar-refractivity contribution in [1.82, 2.24) is 0 Å². The third kappa shape index (κ3) is 2.41. The number of carbonyl (C=O) groups excluding carboxylic acids is 1. The van der Waals surface area contributed by atoms with Gasteiger partial charge in [0.2, 0.25) is 0 Å². The molecule has 19 heavy (non-hydrogen) atoms. The number of ether oxygens (including phenoxy) is 1. The standard InChI is InChI=1S/C15H22F2O2/c1-8-9(15(8,16)17)7-10-11(14(10,5)6)12(18)19-13(2,3)4/h7-8,10-11H,1-6H3/b9-7-/t8?,10-,11-/m0/s1. The van der Waals surface area contributed by atoms with Gasteiger partial charge >= 0.3 is 5.97 Å². The fraction of sp³-hybridized carbons (Fsp3) is 0.800. The van der Waals surface area contributed by atoms with E-state index in [-0.39, 0.29) is 28.8 Å². The molecule has 0 bridgehead atoms. The van der Waals surface area contributed by atoms with Gasteiger partial charge in [-0.3, -0.25) is 4.79 Å². The van der Waals surface area contributed by atoms with E-state index in [1.54, 1.807) is 6.08 Å². The Hall–Kier alpha value is -0.930. The highest BCUT2D eigenvalue weighted by molar-refractivity contribution is 5.78. The van der Waals surface area contributed by atoms with Gasteiger partial charge in [-0.2, -0.15) is 0 Å². The lowest BCUT2D eigenvalue weighted by molar-refractivity contribution is -0.157. The van der Waals surface area contributed by atoms with Crippen molar-refractivity contribution in [2.45, 2.75) is 53.1 Å². The van der Waals surface area contributed by atoms with Gasteiger partial charge in [0.1, 0.15) is 5.60 Å². The smallest absolute Gasteiger partial charge is 0.310 e. The summed E-state index contributed by atoms with van der Waals surface area (Å²) in [6.45, 7) is 10.8. The lowest BCUT2D eigenvalue weighted by Crippen LogP contribution is -2.26. The van der Waals surface area contributed by atoms with Gasteiger partial charge in [-0.05, 0) is 32.1 Å². The van der Waals surface area contributed by atoms with Crippen molar-refractivity contribution in [3.8, 4) is 0 Å². The van der Waals surface area contributed by atoms with Crippen molar-refractivity contribution in [3.05, 3.63) is 11.6 Å². The highest BCUT2D eigenvalue weighted by atomic mass is 19.3. The molecule has 2 aliphatic rings. The number of rotatable bonds is 2. The van der Waals surface area contributed by atoms with Gasteiger partial charge in [0.05, 0.1) is 11.8 Å². The Kier molecular flexibility index (Phi) is 2.89. The van der Waals surface area contributed by atoms with Gasteiger partial charge in [-0.25, -0.2) is 8.78 Å². The minimum absolute atomic E-state index is 0.131. The molecular formula is C15H22F2O2. The topological polar surface area (TPSA) is 26.3 Å². The van der Waals surface area contributed by atoms with Crippen LogP contribution in [0.3, 0.4) is 0 Å². The van der Waals surface area contributed by atoms with E-state index in [9.17, 15) is 13.6 Å². The minimum Gasteiger partial charge on any atom is -0.460 e. The van der Waals surface area contributed by atoms with Gasteiger partial charge in [0.15, 0.2) is 0 Å². The number of hydrogen-bond donors (Lipinski definition) is 0. The Balaban J connectivity index is 2.08. The summed E-state index contributed by atoms with van der Waals surface area (Å²) >= 11 is 0. The van der Waals surface area contributed by atoms with E-state index < -0.39 is 17.4 Å². The Bertz CT molecular complexity index is 444. The summed E-state index contributed by atoms with van der Waals surface area (Å²) in [5.74, 6) is -4.06. The Labute approximate surface area is 113 Å². The fourth-order valence-electron chi connectivity index (χ4n) is 2.69. The van der Waals surface area contributed by atoms with Crippen molar-refractivity contribution >= 4 is 5.97 Å². The second kappa shape index (κ2) is 3.80. The SMILES string of the molecule is CC1/C(=C/[C@H]2[C@@H](C(=O)OC(C)(C)C)C2(C)C)C1(F)F. The maximum absolute atomic E-state index is 13.2. The molecule has 0 aromatic heterocycles. The van der Waals surface area contributed by atoms with Crippen LogP contribution >= 0.6 is 0 Å². The van der Waals surface area contributed by atoms with E-state index in [4.69, 9.17) is 4.74 Å². The third-order valence-electron chi connectivity index (χ3n) is 4.24. The quantitative estimate of drug-likeness (QED) is 0.564. The van der Waals surface area contributed by atoms with Gasteiger partial charge in [0, 0.05) is 5.57 Å². The van der Waals surface area contributed by atoms with E-state index >= 15 is 0 Å². The number of carbonyl (C=O) groups is 1. The van der Waals surface area contributed by atoms with Gasteiger partial charge < -0.3 is 4.74 Å². The molecule has 0 aliphatic heterocycles. The molecule has 2 aliphatic carbocycles. The van der Waals surface area contributed by atoms with E-state index in [0.29, 0.717) is 0 Å². The van der Waals surface area contributed by atoms with E-state index in [0.717, 1.165) is 0 Å². The largest absolute Gasteiger partial charge is 0.460 e. The van der Waals surface area contributed by atoms with Crippen LogP contribution in [-0.2, 0) is 9.53 Å². The molecule has 2 saturated carbocycles. The average molecular weight is 272 g/mol. The molecule has 0 amide bonds. The predicted octanol–water partition coefficient (Wildman–Crippen LogP) is 3.81. The molecule has 0 radical (unpaired) electrons. The number of alkyl halides is 2. The molecule has 0 aromatic carbocycles. The molecule has 1 unspecified atom stereocenters. The molecule has 4 heteroatoms. The monoisotopic (exact) mass is 272 g/mol. The van der Waals surface area contributed by atoms with Gasteiger partial charge in [0.25, 0.3) is 5.92 Å². The van der Waals surface area contributed by atoms with Crippen LogP contribution in [0.5, 0.6) is 0 Å². The van der Waals surface area contributed by atoms with Crippen molar-refractivity contribution in [1.29, 1.82) is 0 Å². The molecule has 0 heterocycles. The van der Waals surface area contributed by atoms with Crippen LogP contribution in [-0.4, -0.2) is 17.5 Å². The zero-order valence-corrected chi connectivity index (χ0v) is 12.4. The van der Waals surface area contributed by atoms with E-state index in [2.05, 4.69) is 0 Å².